The van der Waals surface area contributed by atoms with E-state index in [1.165, 1.54) is 0 Å². The van der Waals surface area contributed by atoms with Gasteiger partial charge in [0.1, 0.15) is 0 Å². The van der Waals surface area contributed by atoms with Gasteiger partial charge in [-0.25, -0.2) is 0 Å². The molecule has 0 heterocycles. The maximum atomic E-state index is 12.4. The van der Waals surface area contributed by atoms with E-state index in [0.29, 0.717) is 11.3 Å². The first-order valence-electron chi connectivity index (χ1n) is 6.94. The van der Waals surface area contributed by atoms with Crippen LogP contribution in [0.25, 0.3) is 10.8 Å². The van der Waals surface area contributed by atoms with Gasteiger partial charge in [-0.15, -0.1) is 0 Å². The van der Waals surface area contributed by atoms with Crippen molar-refractivity contribution in [3.05, 3.63) is 76.3 Å². The average molecular weight is 369 g/mol. The number of hydrogen-bond acceptors (Lipinski definition) is 2. The van der Waals surface area contributed by atoms with E-state index in [1.54, 1.807) is 24.3 Å². The molecule has 0 saturated carbocycles. The molecule has 0 unspecified atom stereocenters. The van der Waals surface area contributed by atoms with Crippen molar-refractivity contribution >= 4 is 44.2 Å². The Kier molecular flexibility index (Phi) is 4.12. The molecule has 5 heteroatoms. The van der Waals surface area contributed by atoms with Crippen LogP contribution in [0.5, 0.6) is 0 Å². The molecule has 3 aromatic rings. The van der Waals surface area contributed by atoms with Gasteiger partial charge in [0.2, 0.25) is 0 Å². The molecule has 3 N–H and O–H groups in total. The van der Waals surface area contributed by atoms with Crippen molar-refractivity contribution in [2.75, 3.05) is 5.32 Å². The summed E-state index contributed by atoms with van der Waals surface area (Å²) in [4.78, 5) is 24.0. The number of nitrogens with two attached hydrogens (primary N) is 1. The first-order chi connectivity index (χ1) is 11.0. The van der Waals surface area contributed by atoms with E-state index in [4.69, 9.17) is 5.73 Å². The first-order valence-corrected chi connectivity index (χ1v) is 7.73. The molecule has 2 amide bonds. The second-order valence-corrected chi connectivity index (χ2v) is 5.99. The molecule has 4 nitrogen and oxygen atoms in total. The van der Waals surface area contributed by atoms with Crippen LogP contribution in [0.1, 0.15) is 20.7 Å². The second-order valence-electron chi connectivity index (χ2n) is 5.07. The number of nitrogens with one attached hydrogen (secondary N) is 1. The van der Waals surface area contributed by atoms with Gasteiger partial charge >= 0.3 is 0 Å². The fraction of sp³-hybridized carbons (Fsp3) is 0. The van der Waals surface area contributed by atoms with Crippen molar-refractivity contribution < 1.29 is 9.59 Å². The third-order valence-corrected chi connectivity index (χ3v) is 4.00. The topological polar surface area (TPSA) is 72.2 Å². The summed E-state index contributed by atoms with van der Waals surface area (Å²) >= 11 is 3.28. The van der Waals surface area contributed by atoms with Gasteiger partial charge in [0, 0.05) is 10.0 Å². The van der Waals surface area contributed by atoms with E-state index >= 15 is 0 Å². The second kappa shape index (κ2) is 6.22. The van der Waals surface area contributed by atoms with Gasteiger partial charge < -0.3 is 11.1 Å². The Morgan fingerprint density at radius 2 is 1.65 bits per heavy atom. The molecule has 0 atom stereocenters. The molecular formula is C18H13BrN2O2. The number of primary amides is 1. The average Bonchev–Trinajstić information content (AvgIpc) is 2.55. The zero-order valence-corrected chi connectivity index (χ0v) is 13.6. The summed E-state index contributed by atoms with van der Waals surface area (Å²) in [5.41, 5.74) is 6.52. The SMILES string of the molecule is NC(=O)c1cc(Br)ccc1NC(=O)c1ccc2ccccc2c1. The van der Waals surface area contributed by atoms with Crippen LogP contribution in [0.4, 0.5) is 5.69 Å². The molecule has 0 spiro atoms. The number of amides is 2. The lowest BCUT2D eigenvalue weighted by molar-refractivity contribution is 0.100. The standard InChI is InChI=1S/C18H13BrN2O2/c19-14-7-8-16(15(10-14)17(20)22)21-18(23)13-6-5-11-3-1-2-4-12(11)9-13/h1-10H,(H2,20,22)(H,21,23). The van der Waals surface area contributed by atoms with Crippen LogP contribution in [-0.2, 0) is 0 Å². The quantitative estimate of drug-likeness (QED) is 0.734. The van der Waals surface area contributed by atoms with Crippen molar-refractivity contribution in [2.24, 2.45) is 5.73 Å². The number of carbonyl (C=O) groups excluding carboxylic acids is 2. The van der Waals surface area contributed by atoms with Gasteiger partial charge in [0.25, 0.3) is 11.8 Å². The van der Waals surface area contributed by atoms with E-state index in [0.717, 1.165) is 15.2 Å². The Morgan fingerprint density at radius 1 is 0.913 bits per heavy atom. The summed E-state index contributed by atoms with van der Waals surface area (Å²) < 4.78 is 0.718. The minimum atomic E-state index is -0.597. The lowest BCUT2D eigenvalue weighted by Gasteiger charge is -2.10. The molecule has 3 aromatic carbocycles. The van der Waals surface area contributed by atoms with Gasteiger partial charge in [-0.05, 0) is 41.1 Å². The minimum absolute atomic E-state index is 0.258. The number of carbonyl (C=O) groups is 2. The van der Waals surface area contributed by atoms with Gasteiger partial charge in [0.15, 0.2) is 0 Å². The van der Waals surface area contributed by atoms with Crippen LogP contribution < -0.4 is 11.1 Å². The highest BCUT2D eigenvalue weighted by Crippen LogP contribution is 2.22. The number of halogens is 1. The summed E-state index contributed by atoms with van der Waals surface area (Å²) in [7, 11) is 0. The molecule has 0 aliphatic rings. The van der Waals surface area contributed by atoms with E-state index in [1.807, 2.05) is 36.4 Å². The zero-order chi connectivity index (χ0) is 16.4. The molecule has 3 rings (SSSR count). The minimum Gasteiger partial charge on any atom is -0.366 e. The Bertz CT molecular complexity index is 922. The number of rotatable bonds is 3. The summed E-state index contributed by atoms with van der Waals surface area (Å²) in [6.07, 6.45) is 0. The first kappa shape index (κ1) is 15.2. The fourth-order valence-corrected chi connectivity index (χ4v) is 2.72. The Labute approximate surface area is 141 Å². The number of fused-ring (bicyclic) bond motifs is 1. The van der Waals surface area contributed by atoms with Crippen LogP contribution >= 0.6 is 15.9 Å². The number of hydrogen-bond donors (Lipinski definition) is 2. The van der Waals surface area contributed by atoms with Crippen molar-refractivity contribution in [1.82, 2.24) is 0 Å². The third kappa shape index (κ3) is 3.24. The highest BCUT2D eigenvalue weighted by molar-refractivity contribution is 9.10. The molecule has 23 heavy (non-hydrogen) atoms. The van der Waals surface area contributed by atoms with Crippen LogP contribution in [0, 0.1) is 0 Å². The molecule has 0 aliphatic carbocycles. The third-order valence-electron chi connectivity index (χ3n) is 3.51. The lowest BCUT2D eigenvalue weighted by Crippen LogP contribution is -2.18. The van der Waals surface area contributed by atoms with Gasteiger partial charge in [-0.2, -0.15) is 0 Å². The van der Waals surface area contributed by atoms with Crippen LogP contribution in [0.3, 0.4) is 0 Å². The van der Waals surface area contributed by atoms with E-state index in [-0.39, 0.29) is 11.5 Å². The lowest BCUT2D eigenvalue weighted by atomic mass is 10.1. The monoisotopic (exact) mass is 368 g/mol. The Hall–Kier alpha value is -2.66. The fourth-order valence-electron chi connectivity index (χ4n) is 2.35. The smallest absolute Gasteiger partial charge is 0.255 e. The maximum absolute atomic E-state index is 12.4. The van der Waals surface area contributed by atoms with E-state index < -0.39 is 5.91 Å². The van der Waals surface area contributed by atoms with Gasteiger partial charge in [0.05, 0.1) is 11.3 Å². The highest BCUT2D eigenvalue weighted by atomic mass is 79.9. The summed E-state index contributed by atoms with van der Waals surface area (Å²) in [6.45, 7) is 0. The molecule has 0 aromatic heterocycles. The molecular weight excluding hydrogens is 356 g/mol. The zero-order valence-electron chi connectivity index (χ0n) is 12.0. The van der Waals surface area contributed by atoms with Crippen LogP contribution in [0.15, 0.2) is 65.1 Å². The largest absolute Gasteiger partial charge is 0.366 e. The molecule has 0 radical (unpaired) electrons. The van der Waals surface area contributed by atoms with Crippen molar-refractivity contribution in [1.29, 1.82) is 0 Å². The Balaban J connectivity index is 1.93. The molecule has 0 aliphatic heterocycles. The molecule has 114 valence electrons. The van der Waals surface area contributed by atoms with E-state index in [2.05, 4.69) is 21.2 Å². The van der Waals surface area contributed by atoms with Crippen molar-refractivity contribution in [2.45, 2.75) is 0 Å². The Morgan fingerprint density at radius 3 is 2.39 bits per heavy atom. The van der Waals surface area contributed by atoms with Crippen molar-refractivity contribution in [3.8, 4) is 0 Å². The predicted octanol–water partition coefficient (Wildman–Crippen LogP) is 3.95. The molecule has 0 saturated heterocycles. The maximum Gasteiger partial charge on any atom is 0.255 e. The predicted molar refractivity (Wildman–Crippen MR) is 94.6 cm³/mol. The summed E-state index contributed by atoms with van der Waals surface area (Å²) in [5.74, 6) is -0.888. The molecule has 0 bridgehead atoms. The number of anilines is 1. The summed E-state index contributed by atoms with van der Waals surface area (Å²) in [5, 5.41) is 4.78. The molecule has 0 fully saturated rings. The number of benzene rings is 3. The summed E-state index contributed by atoms with van der Waals surface area (Å²) in [6, 6.07) is 18.2. The normalized spacial score (nSPS) is 10.5. The van der Waals surface area contributed by atoms with Crippen molar-refractivity contribution in [3.63, 3.8) is 0 Å². The van der Waals surface area contributed by atoms with E-state index in [9.17, 15) is 9.59 Å². The van der Waals surface area contributed by atoms with Gasteiger partial charge in [-0.1, -0.05) is 46.3 Å². The van der Waals surface area contributed by atoms with Crippen LogP contribution in [0.2, 0.25) is 0 Å². The van der Waals surface area contributed by atoms with Gasteiger partial charge in [-0.3, -0.25) is 9.59 Å². The highest BCUT2D eigenvalue weighted by Gasteiger charge is 2.13. The van der Waals surface area contributed by atoms with Crippen LogP contribution in [-0.4, -0.2) is 11.8 Å².